The van der Waals surface area contributed by atoms with Crippen molar-refractivity contribution >= 4 is 28.4 Å². The maximum atomic E-state index is 15.3. The van der Waals surface area contributed by atoms with Gasteiger partial charge in [-0.25, -0.2) is 14.4 Å². The molecule has 1 aliphatic heterocycles. The Morgan fingerprint density at radius 3 is 2.52 bits per heavy atom. The van der Waals surface area contributed by atoms with Gasteiger partial charge in [0.05, 0.1) is 24.6 Å². The third-order valence-electron chi connectivity index (χ3n) is 7.17. The molecule has 2 heterocycles. The number of nitrogens with two attached hydrogens (primary N) is 1. The average molecular weight is 574 g/mol. The number of rotatable bonds is 10. The van der Waals surface area contributed by atoms with Crippen molar-refractivity contribution in [2.45, 2.75) is 19.3 Å². The highest BCUT2D eigenvalue weighted by Crippen LogP contribution is 2.37. The zero-order valence-electron chi connectivity index (χ0n) is 23.2. The molecule has 1 aliphatic rings. The molecule has 11 heteroatoms. The van der Waals surface area contributed by atoms with Gasteiger partial charge >= 0.3 is 11.8 Å². The van der Waals surface area contributed by atoms with Gasteiger partial charge in [0.1, 0.15) is 6.33 Å². The summed E-state index contributed by atoms with van der Waals surface area (Å²) in [5.41, 5.74) is 6.93. The SMILES string of the molecule is COc1cc2c(Oc3ccc(N(CCc4ccccc4)C(=O)C(N)=O)cc3F)ncnc2cc1OCC1CCNCC1. The summed E-state index contributed by atoms with van der Waals surface area (Å²) in [6, 6.07) is 16.9. The molecule has 0 radical (unpaired) electrons. The number of primary amides is 1. The maximum absolute atomic E-state index is 15.3. The molecule has 2 amide bonds. The molecule has 1 fully saturated rings. The van der Waals surface area contributed by atoms with Crippen LogP contribution >= 0.6 is 0 Å². The Kier molecular flexibility index (Phi) is 9.08. The number of fused-ring (bicyclic) bond motifs is 1. The van der Waals surface area contributed by atoms with Crippen molar-refractivity contribution in [1.29, 1.82) is 0 Å². The number of amides is 2. The van der Waals surface area contributed by atoms with Gasteiger partial charge in [0.25, 0.3) is 0 Å². The van der Waals surface area contributed by atoms with E-state index in [9.17, 15) is 9.59 Å². The van der Waals surface area contributed by atoms with Gasteiger partial charge in [-0.3, -0.25) is 9.59 Å². The Hall–Kier alpha value is -4.77. The lowest BCUT2D eigenvalue weighted by Crippen LogP contribution is -2.41. The lowest BCUT2D eigenvalue weighted by molar-refractivity contribution is -0.135. The van der Waals surface area contributed by atoms with Crippen molar-refractivity contribution < 1.29 is 28.2 Å². The van der Waals surface area contributed by atoms with Gasteiger partial charge in [-0.15, -0.1) is 0 Å². The van der Waals surface area contributed by atoms with Crippen LogP contribution in [-0.4, -0.2) is 55.1 Å². The normalized spacial score (nSPS) is 13.5. The number of carbonyl (C=O) groups excluding carboxylic acids is 2. The second-order valence-electron chi connectivity index (χ2n) is 9.98. The summed E-state index contributed by atoms with van der Waals surface area (Å²) in [5.74, 6) is -1.35. The van der Waals surface area contributed by atoms with Crippen LogP contribution in [0.4, 0.5) is 10.1 Å². The molecule has 42 heavy (non-hydrogen) atoms. The van der Waals surface area contributed by atoms with Gasteiger partial charge in [-0.05, 0) is 62.0 Å². The van der Waals surface area contributed by atoms with Gasteiger partial charge < -0.3 is 30.2 Å². The predicted molar refractivity (Wildman–Crippen MR) is 155 cm³/mol. The fourth-order valence-corrected chi connectivity index (χ4v) is 4.86. The number of anilines is 1. The molecule has 0 atom stereocenters. The van der Waals surface area contributed by atoms with E-state index in [1.54, 1.807) is 12.1 Å². The minimum Gasteiger partial charge on any atom is -0.493 e. The van der Waals surface area contributed by atoms with Crippen molar-refractivity contribution in [2.24, 2.45) is 11.7 Å². The van der Waals surface area contributed by atoms with Gasteiger partial charge in [0, 0.05) is 24.4 Å². The number of aromatic nitrogens is 2. The molecule has 0 aliphatic carbocycles. The average Bonchev–Trinajstić information content (AvgIpc) is 3.01. The first-order valence-electron chi connectivity index (χ1n) is 13.7. The molecular formula is C31H32FN5O5. The Balaban J connectivity index is 1.36. The van der Waals surface area contributed by atoms with Crippen LogP contribution < -0.4 is 30.2 Å². The largest absolute Gasteiger partial charge is 0.493 e. The van der Waals surface area contributed by atoms with Crippen LogP contribution in [0.5, 0.6) is 23.1 Å². The third-order valence-corrected chi connectivity index (χ3v) is 7.17. The number of hydrogen-bond acceptors (Lipinski definition) is 8. The second-order valence-corrected chi connectivity index (χ2v) is 9.98. The van der Waals surface area contributed by atoms with Crippen molar-refractivity contribution in [2.75, 3.05) is 38.3 Å². The van der Waals surface area contributed by atoms with E-state index in [0.717, 1.165) is 42.5 Å². The highest BCUT2D eigenvalue weighted by Gasteiger charge is 2.23. The molecule has 0 spiro atoms. The van der Waals surface area contributed by atoms with Crippen LogP contribution in [-0.2, 0) is 16.0 Å². The summed E-state index contributed by atoms with van der Waals surface area (Å²) in [5, 5.41) is 3.85. The van der Waals surface area contributed by atoms with E-state index < -0.39 is 17.6 Å². The van der Waals surface area contributed by atoms with Gasteiger partial charge in [-0.2, -0.15) is 0 Å². The smallest absolute Gasteiger partial charge is 0.316 e. The topological polar surface area (TPSA) is 129 Å². The molecule has 0 saturated carbocycles. The summed E-state index contributed by atoms with van der Waals surface area (Å²) < 4.78 is 32.9. The first kappa shape index (κ1) is 28.7. The lowest BCUT2D eigenvalue weighted by Gasteiger charge is -2.23. The van der Waals surface area contributed by atoms with Crippen molar-refractivity contribution in [3.8, 4) is 23.1 Å². The highest BCUT2D eigenvalue weighted by atomic mass is 19.1. The quantitative estimate of drug-likeness (QED) is 0.273. The van der Waals surface area contributed by atoms with Crippen LogP contribution in [0.3, 0.4) is 0 Å². The Morgan fingerprint density at radius 1 is 1.02 bits per heavy atom. The van der Waals surface area contributed by atoms with E-state index in [0.29, 0.717) is 41.3 Å². The number of ether oxygens (including phenoxy) is 3. The predicted octanol–water partition coefficient (Wildman–Crippen LogP) is 4.01. The molecule has 3 aromatic carbocycles. The molecular weight excluding hydrogens is 541 g/mol. The van der Waals surface area contributed by atoms with Gasteiger partial charge in [0.2, 0.25) is 5.88 Å². The fraction of sp³-hybridized carbons (Fsp3) is 0.290. The number of nitrogens with one attached hydrogen (secondary N) is 1. The van der Waals surface area contributed by atoms with Gasteiger partial charge in [-0.1, -0.05) is 30.3 Å². The Bertz CT molecular complexity index is 1560. The number of methoxy groups -OCH3 is 1. The molecule has 1 aromatic heterocycles. The van der Waals surface area contributed by atoms with Crippen LogP contribution in [0, 0.1) is 11.7 Å². The zero-order valence-corrected chi connectivity index (χ0v) is 23.2. The first-order chi connectivity index (χ1) is 20.4. The fourth-order valence-electron chi connectivity index (χ4n) is 4.86. The van der Waals surface area contributed by atoms with Crippen LogP contribution in [0.1, 0.15) is 18.4 Å². The number of benzene rings is 3. The molecule has 10 nitrogen and oxygen atoms in total. The van der Waals surface area contributed by atoms with Crippen LogP contribution in [0.15, 0.2) is 67.0 Å². The number of carbonyl (C=O) groups is 2. The monoisotopic (exact) mass is 573 g/mol. The highest BCUT2D eigenvalue weighted by molar-refractivity contribution is 6.39. The van der Waals surface area contributed by atoms with Crippen LogP contribution in [0.2, 0.25) is 0 Å². The van der Waals surface area contributed by atoms with Gasteiger partial charge in [0.15, 0.2) is 23.1 Å². The molecule has 4 aromatic rings. The number of halogens is 1. The van der Waals surface area contributed by atoms with Crippen molar-refractivity contribution in [3.63, 3.8) is 0 Å². The van der Waals surface area contributed by atoms with Crippen molar-refractivity contribution in [3.05, 3.63) is 78.4 Å². The first-order valence-corrected chi connectivity index (χ1v) is 13.7. The third kappa shape index (κ3) is 6.74. The zero-order chi connectivity index (χ0) is 29.5. The summed E-state index contributed by atoms with van der Waals surface area (Å²) in [6.45, 7) is 2.64. The van der Waals surface area contributed by atoms with Crippen LogP contribution in [0.25, 0.3) is 10.9 Å². The number of piperidine rings is 1. The molecule has 1 saturated heterocycles. The Labute approximate surface area is 242 Å². The Morgan fingerprint density at radius 2 is 1.81 bits per heavy atom. The summed E-state index contributed by atoms with van der Waals surface area (Å²) in [6.07, 6.45) is 3.85. The molecule has 0 bridgehead atoms. The minimum absolute atomic E-state index is 0.115. The molecule has 0 unspecified atom stereocenters. The van der Waals surface area contributed by atoms with E-state index in [1.807, 2.05) is 30.3 Å². The standard InChI is InChI=1S/C31H32FN5O5/c1-40-27-16-23-25(17-28(27)41-18-21-9-12-34-13-10-21)35-19-36-30(23)42-26-8-7-22(15-24(26)32)37(31(39)29(33)38)14-11-20-5-3-2-4-6-20/h2-8,15-17,19,21,34H,9-14,18H2,1H3,(H2,33,38). The van der Waals surface area contributed by atoms with E-state index in [1.165, 1.54) is 25.6 Å². The van der Waals surface area contributed by atoms with Crippen molar-refractivity contribution in [1.82, 2.24) is 15.3 Å². The summed E-state index contributed by atoms with van der Waals surface area (Å²) >= 11 is 0. The van der Waals surface area contributed by atoms with E-state index in [4.69, 9.17) is 19.9 Å². The molecule has 218 valence electrons. The molecule has 3 N–H and O–H groups in total. The summed E-state index contributed by atoms with van der Waals surface area (Å²) in [4.78, 5) is 34.0. The van der Waals surface area contributed by atoms with E-state index in [-0.39, 0.29) is 23.9 Å². The minimum atomic E-state index is -1.13. The maximum Gasteiger partial charge on any atom is 0.316 e. The number of hydrogen-bond donors (Lipinski definition) is 2. The summed E-state index contributed by atoms with van der Waals surface area (Å²) in [7, 11) is 1.54. The van der Waals surface area contributed by atoms with E-state index >= 15 is 4.39 Å². The van der Waals surface area contributed by atoms with E-state index in [2.05, 4.69) is 15.3 Å². The second kappa shape index (κ2) is 13.3. The number of nitrogens with zero attached hydrogens (tertiary/aromatic N) is 3. The molecule has 5 rings (SSSR count). The lowest BCUT2D eigenvalue weighted by atomic mass is 9.99.